The van der Waals surface area contributed by atoms with E-state index < -0.39 is 24.1 Å². The molecular formula is C18H23F3N2O4. The van der Waals surface area contributed by atoms with Crippen LogP contribution in [0.4, 0.5) is 23.7 Å². The fourth-order valence-electron chi connectivity index (χ4n) is 3.40. The van der Waals surface area contributed by atoms with Crippen molar-refractivity contribution in [2.45, 2.75) is 44.7 Å². The van der Waals surface area contributed by atoms with E-state index >= 15 is 0 Å². The molecule has 9 heteroatoms. The van der Waals surface area contributed by atoms with Gasteiger partial charge < -0.3 is 24.4 Å². The Bertz CT molecular complexity index is 662. The van der Waals surface area contributed by atoms with Gasteiger partial charge >= 0.3 is 12.2 Å². The molecule has 1 aromatic carbocycles. The predicted octanol–water partition coefficient (Wildman–Crippen LogP) is 3.86. The Hall–Kier alpha value is -2.00. The third kappa shape index (κ3) is 4.65. The number of nitrogens with zero attached hydrogens (tertiary/aromatic N) is 1. The van der Waals surface area contributed by atoms with Crippen LogP contribution < -0.4 is 10.1 Å². The Morgan fingerprint density at radius 2 is 2.04 bits per heavy atom. The van der Waals surface area contributed by atoms with E-state index in [0.717, 1.165) is 18.9 Å². The lowest BCUT2D eigenvalue weighted by atomic mass is 10.0. The van der Waals surface area contributed by atoms with Crippen molar-refractivity contribution in [3.63, 3.8) is 0 Å². The normalized spacial score (nSPS) is 21.3. The highest BCUT2D eigenvalue weighted by molar-refractivity contribution is 5.90. The standard InChI is InChI=1S/C18H23F3N2O4/c1-2-25-12-6-7-14(13(11-12)18(19,20)21)22-17(24)23-8-4-3-5-15(23)16-26-9-10-27-16/h6-7,11,15-16H,2-5,8-10H2,1H3,(H,22,24). The fourth-order valence-corrected chi connectivity index (χ4v) is 3.40. The largest absolute Gasteiger partial charge is 0.494 e. The van der Waals surface area contributed by atoms with E-state index in [4.69, 9.17) is 14.2 Å². The minimum absolute atomic E-state index is 0.103. The number of piperidine rings is 1. The summed E-state index contributed by atoms with van der Waals surface area (Å²) in [6, 6.07) is 2.63. The summed E-state index contributed by atoms with van der Waals surface area (Å²) in [5.74, 6) is 0.103. The van der Waals surface area contributed by atoms with E-state index in [1.165, 1.54) is 17.0 Å². The molecule has 0 bridgehead atoms. The van der Waals surface area contributed by atoms with Crippen LogP contribution in [0.15, 0.2) is 18.2 Å². The minimum Gasteiger partial charge on any atom is -0.494 e. The van der Waals surface area contributed by atoms with Crippen molar-refractivity contribution in [3.8, 4) is 5.75 Å². The molecule has 2 heterocycles. The van der Waals surface area contributed by atoms with E-state index in [1.54, 1.807) is 6.92 Å². The molecule has 3 rings (SSSR count). The van der Waals surface area contributed by atoms with Crippen molar-refractivity contribution in [1.29, 1.82) is 0 Å². The minimum atomic E-state index is -4.62. The molecule has 2 fully saturated rings. The van der Waals surface area contributed by atoms with E-state index in [-0.39, 0.29) is 24.1 Å². The number of hydrogen-bond donors (Lipinski definition) is 1. The summed E-state index contributed by atoms with van der Waals surface area (Å²) in [6.45, 7) is 3.28. The summed E-state index contributed by atoms with van der Waals surface area (Å²) in [4.78, 5) is 14.2. The van der Waals surface area contributed by atoms with Gasteiger partial charge in [-0.05, 0) is 44.4 Å². The summed E-state index contributed by atoms with van der Waals surface area (Å²) in [7, 11) is 0. The average molecular weight is 388 g/mol. The number of carbonyl (C=O) groups is 1. The summed E-state index contributed by atoms with van der Waals surface area (Å²) in [5.41, 5.74) is -1.24. The molecule has 1 atom stereocenters. The van der Waals surface area contributed by atoms with Crippen LogP contribution in [0.1, 0.15) is 31.7 Å². The van der Waals surface area contributed by atoms with Crippen molar-refractivity contribution >= 4 is 11.7 Å². The first-order valence-corrected chi connectivity index (χ1v) is 9.05. The maximum atomic E-state index is 13.4. The van der Waals surface area contributed by atoms with E-state index in [0.29, 0.717) is 26.2 Å². The highest BCUT2D eigenvalue weighted by Crippen LogP contribution is 2.37. The molecule has 0 aliphatic carbocycles. The summed E-state index contributed by atoms with van der Waals surface area (Å²) < 4.78 is 56.4. The van der Waals surface area contributed by atoms with Gasteiger partial charge in [0.15, 0.2) is 6.29 Å². The van der Waals surface area contributed by atoms with Gasteiger partial charge in [-0.1, -0.05) is 0 Å². The van der Waals surface area contributed by atoms with Crippen LogP contribution in [0.2, 0.25) is 0 Å². The van der Waals surface area contributed by atoms with Gasteiger partial charge in [0, 0.05) is 6.54 Å². The number of benzene rings is 1. The maximum absolute atomic E-state index is 13.4. The number of ether oxygens (including phenoxy) is 3. The van der Waals surface area contributed by atoms with Crippen molar-refractivity contribution < 1.29 is 32.2 Å². The Balaban J connectivity index is 1.79. The molecule has 2 aliphatic rings. The van der Waals surface area contributed by atoms with Gasteiger partial charge in [0.25, 0.3) is 0 Å². The van der Waals surface area contributed by atoms with Crippen LogP contribution in [-0.4, -0.2) is 49.6 Å². The fraction of sp³-hybridized carbons (Fsp3) is 0.611. The topological polar surface area (TPSA) is 60.0 Å². The smallest absolute Gasteiger partial charge is 0.418 e. The quantitative estimate of drug-likeness (QED) is 0.851. The van der Waals surface area contributed by atoms with Gasteiger partial charge in [0.05, 0.1) is 37.1 Å². The molecule has 6 nitrogen and oxygen atoms in total. The van der Waals surface area contributed by atoms with Crippen LogP contribution >= 0.6 is 0 Å². The summed E-state index contributed by atoms with van der Waals surface area (Å²) in [6.07, 6.45) is -2.76. The van der Waals surface area contributed by atoms with Crippen molar-refractivity contribution in [2.24, 2.45) is 0 Å². The Morgan fingerprint density at radius 1 is 1.30 bits per heavy atom. The number of urea groups is 1. The van der Waals surface area contributed by atoms with Gasteiger partial charge in [-0.15, -0.1) is 0 Å². The summed E-state index contributed by atoms with van der Waals surface area (Å²) in [5, 5.41) is 2.41. The third-order valence-corrected chi connectivity index (χ3v) is 4.62. The lowest BCUT2D eigenvalue weighted by Gasteiger charge is -2.38. The van der Waals surface area contributed by atoms with Gasteiger partial charge in [-0.25, -0.2) is 4.79 Å². The predicted molar refractivity (Wildman–Crippen MR) is 91.7 cm³/mol. The Morgan fingerprint density at radius 3 is 2.70 bits per heavy atom. The molecule has 0 spiro atoms. The molecule has 0 radical (unpaired) electrons. The number of alkyl halides is 3. The second kappa shape index (κ2) is 8.35. The number of amides is 2. The van der Waals surface area contributed by atoms with Crippen molar-refractivity contribution in [1.82, 2.24) is 4.90 Å². The molecule has 1 unspecified atom stereocenters. The van der Waals surface area contributed by atoms with Crippen LogP contribution in [0.3, 0.4) is 0 Å². The van der Waals surface area contributed by atoms with E-state index in [2.05, 4.69) is 5.32 Å². The first kappa shape index (κ1) is 19.8. The van der Waals surface area contributed by atoms with Gasteiger partial charge in [-0.2, -0.15) is 13.2 Å². The number of nitrogens with one attached hydrogen (secondary N) is 1. The van der Waals surface area contributed by atoms with E-state index in [9.17, 15) is 18.0 Å². The average Bonchev–Trinajstić information content (AvgIpc) is 3.17. The van der Waals surface area contributed by atoms with Crippen LogP contribution in [0.25, 0.3) is 0 Å². The molecule has 27 heavy (non-hydrogen) atoms. The molecule has 2 aliphatic heterocycles. The number of hydrogen-bond acceptors (Lipinski definition) is 4. The zero-order valence-electron chi connectivity index (χ0n) is 15.1. The first-order chi connectivity index (χ1) is 12.9. The van der Waals surface area contributed by atoms with Gasteiger partial charge in [0.2, 0.25) is 0 Å². The first-order valence-electron chi connectivity index (χ1n) is 9.05. The number of likely N-dealkylation sites (tertiary alicyclic amines) is 1. The number of anilines is 1. The van der Waals surface area contributed by atoms with E-state index in [1.807, 2.05) is 0 Å². The molecule has 2 amide bonds. The number of carbonyl (C=O) groups excluding carboxylic acids is 1. The number of halogens is 3. The zero-order valence-corrected chi connectivity index (χ0v) is 15.1. The van der Waals surface area contributed by atoms with Crippen LogP contribution in [0, 0.1) is 0 Å². The molecule has 150 valence electrons. The second-order valence-electron chi connectivity index (χ2n) is 6.43. The highest BCUT2D eigenvalue weighted by Gasteiger charge is 2.38. The van der Waals surface area contributed by atoms with Crippen molar-refractivity contribution in [2.75, 3.05) is 31.7 Å². The molecule has 1 N–H and O–H groups in total. The highest BCUT2D eigenvalue weighted by atomic mass is 19.4. The van der Waals surface area contributed by atoms with Crippen LogP contribution in [0.5, 0.6) is 5.75 Å². The molecule has 0 saturated carbocycles. The molecule has 2 saturated heterocycles. The second-order valence-corrected chi connectivity index (χ2v) is 6.43. The lowest BCUT2D eigenvalue weighted by Crippen LogP contribution is -2.51. The summed E-state index contributed by atoms with van der Waals surface area (Å²) >= 11 is 0. The molecule has 0 aromatic heterocycles. The molecule has 1 aromatic rings. The monoisotopic (exact) mass is 388 g/mol. The van der Waals surface area contributed by atoms with Gasteiger partial charge in [-0.3, -0.25) is 0 Å². The Labute approximate surface area is 155 Å². The Kier molecular flexibility index (Phi) is 6.11. The SMILES string of the molecule is CCOc1ccc(NC(=O)N2CCCCC2C2OCCO2)c(C(F)(F)F)c1. The third-order valence-electron chi connectivity index (χ3n) is 4.62. The van der Waals surface area contributed by atoms with Gasteiger partial charge in [0.1, 0.15) is 5.75 Å². The maximum Gasteiger partial charge on any atom is 0.418 e. The molecular weight excluding hydrogens is 365 g/mol. The number of rotatable bonds is 4. The van der Waals surface area contributed by atoms with Crippen LogP contribution in [-0.2, 0) is 15.7 Å². The lowest BCUT2D eigenvalue weighted by molar-refractivity contribution is -0.137. The zero-order chi connectivity index (χ0) is 19.4. The van der Waals surface area contributed by atoms with Crippen molar-refractivity contribution in [3.05, 3.63) is 23.8 Å².